The molecule has 0 bridgehead atoms. The molecule has 1 aliphatic rings. The lowest BCUT2D eigenvalue weighted by Gasteiger charge is -2.47. The summed E-state index contributed by atoms with van der Waals surface area (Å²) in [7, 11) is 0. The third-order valence-electron chi connectivity index (χ3n) is 2.12. The Morgan fingerprint density at radius 3 is 2.00 bits per heavy atom. The summed E-state index contributed by atoms with van der Waals surface area (Å²) in [5.41, 5.74) is 0.415. The van der Waals surface area contributed by atoms with Crippen molar-refractivity contribution < 1.29 is 0 Å². The zero-order chi connectivity index (χ0) is 7.83. The van der Waals surface area contributed by atoms with Crippen molar-refractivity contribution in [1.29, 1.82) is 5.26 Å². The van der Waals surface area contributed by atoms with Crippen LogP contribution in [-0.4, -0.2) is 11.0 Å². The number of nitrogens with zero attached hydrogens (tertiary/aromatic N) is 1. The summed E-state index contributed by atoms with van der Waals surface area (Å²) in [6.45, 7) is 4.44. The van der Waals surface area contributed by atoms with E-state index in [0.717, 1.165) is 12.8 Å². The van der Waals surface area contributed by atoms with Gasteiger partial charge in [0, 0.05) is 0 Å². The summed E-state index contributed by atoms with van der Waals surface area (Å²) in [4.78, 5) is 0. The van der Waals surface area contributed by atoms with E-state index >= 15 is 0 Å². The molecule has 1 saturated carbocycles. The van der Waals surface area contributed by atoms with Gasteiger partial charge in [0.05, 0.1) is 6.07 Å². The van der Waals surface area contributed by atoms with E-state index in [9.17, 15) is 0 Å². The fourth-order valence-corrected chi connectivity index (χ4v) is 2.92. The summed E-state index contributed by atoms with van der Waals surface area (Å²) in [5, 5.41) is 8.80. The lowest BCUT2D eigenvalue weighted by molar-refractivity contribution is 0.162. The van der Waals surface area contributed by atoms with Crippen molar-refractivity contribution >= 4 is 11.8 Å². The molecule has 0 N–H and O–H groups in total. The van der Waals surface area contributed by atoms with Gasteiger partial charge in [-0.1, -0.05) is 13.8 Å². The number of rotatable bonds is 1. The molecule has 0 spiro atoms. The van der Waals surface area contributed by atoms with Crippen LogP contribution in [0.1, 0.15) is 26.7 Å². The van der Waals surface area contributed by atoms with Crippen LogP contribution in [0.25, 0.3) is 0 Å². The summed E-state index contributed by atoms with van der Waals surface area (Å²) in [6.07, 6.45) is 4.13. The Hall–Kier alpha value is -0.160. The number of nitriles is 1. The molecular weight excluding hydrogens is 142 g/mol. The average molecular weight is 155 g/mol. The highest BCUT2D eigenvalue weighted by Crippen LogP contribution is 2.54. The second-order valence-electron chi connectivity index (χ2n) is 3.83. The first kappa shape index (κ1) is 7.94. The van der Waals surface area contributed by atoms with Crippen LogP contribution in [-0.2, 0) is 0 Å². The van der Waals surface area contributed by atoms with Crippen molar-refractivity contribution in [2.24, 2.45) is 5.41 Å². The normalized spacial score (nSPS) is 26.6. The summed E-state index contributed by atoms with van der Waals surface area (Å²) in [5.74, 6) is 0. The maximum atomic E-state index is 8.80. The highest BCUT2D eigenvalue weighted by molar-refractivity contribution is 8.00. The minimum absolute atomic E-state index is 0.0382. The van der Waals surface area contributed by atoms with E-state index in [1.165, 1.54) is 0 Å². The second-order valence-corrected chi connectivity index (χ2v) is 5.02. The monoisotopic (exact) mass is 155 g/mol. The molecule has 0 radical (unpaired) electrons. The Morgan fingerprint density at radius 1 is 1.40 bits per heavy atom. The summed E-state index contributed by atoms with van der Waals surface area (Å²) in [6, 6.07) is 2.38. The smallest absolute Gasteiger partial charge is 0.103 e. The molecule has 0 heterocycles. The fraction of sp³-hybridized carbons (Fsp3) is 0.875. The number of hydrogen-bond donors (Lipinski definition) is 0. The van der Waals surface area contributed by atoms with Crippen molar-refractivity contribution in [2.75, 3.05) is 6.26 Å². The van der Waals surface area contributed by atoms with Gasteiger partial charge in [0.1, 0.15) is 4.75 Å². The van der Waals surface area contributed by atoms with Gasteiger partial charge in [0.25, 0.3) is 0 Å². The molecule has 0 saturated heterocycles. The number of thioether (sulfide) groups is 1. The van der Waals surface area contributed by atoms with Gasteiger partial charge < -0.3 is 0 Å². The largest absolute Gasteiger partial charge is 0.197 e. The highest BCUT2D eigenvalue weighted by atomic mass is 32.2. The summed E-state index contributed by atoms with van der Waals surface area (Å²) < 4.78 is -0.0382. The third kappa shape index (κ3) is 1.15. The predicted octanol–water partition coefficient (Wildman–Crippen LogP) is 2.43. The molecule has 10 heavy (non-hydrogen) atoms. The topological polar surface area (TPSA) is 23.8 Å². The van der Waals surface area contributed by atoms with Crippen LogP contribution in [0, 0.1) is 16.7 Å². The van der Waals surface area contributed by atoms with Gasteiger partial charge in [-0.2, -0.15) is 5.26 Å². The zero-order valence-corrected chi connectivity index (χ0v) is 7.59. The Balaban J connectivity index is 2.57. The highest BCUT2D eigenvalue weighted by Gasteiger charge is 2.49. The van der Waals surface area contributed by atoms with Crippen molar-refractivity contribution in [2.45, 2.75) is 31.4 Å². The quantitative estimate of drug-likeness (QED) is 0.580. The molecule has 1 fully saturated rings. The van der Waals surface area contributed by atoms with Crippen LogP contribution < -0.4 is 0 Å². The van der Waals surface area contributed by atoms with E-state index in [4.69, 9.17) is 5.26 Å². The third-order valence-corrected chi connectivity index (χ3v) is 3.28. The molecule has 56 valence electrons. The second kappa shape index (κ2) is 2.17. The zero-order valence-electron chi connectivity index (χ0n) is 6.77. The van der Waals surface area contributed by atoms with Crippen LogP contribution >= 0.6 is 11.8 Å². The molecule has 0 amide bonds. The van der Waals surface area contributed by atoms with E-state index in [0.29, 0.717) is 5.41 Å². The van der Waals surface area contributed by atoms with Crippen LogP contribution in [0.5, 0.6) is 0 Å². The van der Waals surface area contributed by atoms with Crippen molar-refractivity contribution in [3.8, 4) is 6.07 Å². The van der Waals surface area contributed by atoms with E-state index in [-0.39, 0.29) is 4.75 Å². The van der Waals surface area contributed by atoms with Crippen molar-refractivity contribution in [1.82, 2.24) is 0 Å². The molecular formula is C8H13NS. The average Bonchev–Trinajstić information content (AvgIpc) is 1.82. The maximum Gasteiger partial charge on any atom is 0.103 e. The number of hydrogen-bond acceptors (Lipinski definition) is 2. The van der Waals surface area contributed by atoms with Crippen LogP contribution in [0.4, 0.5) is 0 Å². The van der Waals surface area contributed by atoms with Gasteiger partial charge in [-0.05, 0) is 24.5 Å². The van der Waals surface area contributed by atoms with Crippen molar-refractivity contribution in [3.05, 3.63) is 0 Å². The van der Waals surface area contributed by atoms with Gasteiger partial charge >= 0.3 is 0 Å². The van der Waals surface area contributed by atoms with E-state index < -0.39 is 0 Å². The van der Waals surface area contributed by atoms with E-state index in [1.54, 1.807) is 11.8 Å². The van der Waals surface area contributed by atoms with Gasteiger partial charge in [-0.25, -0.2) is 0 Å². The molecule has 1 nitrogen and oxygen atoms in total. The summed E-state index contributed by atoms with van der Waals surface area (Å²) >= 11 is 1.70. The van der Waals surface area contributed by atoms with Gasteiger partial charge in [0.15, 0.2) is 0 Å². The lowest BCUT2D eigenvalue weighted by atomic mass is 9.64. The van der Waals surface area contributed by atoms with Gasteiger partial charge in [-0.3, -0.25) is 0 Å². The molecule has 1 aliphatic carbocycles. The first-order chi connectivity index (χ1) is 4.54. The van der Waals surface area contributed by atoms with Crippen LogP contribution in [0.2, 0.25) is 0 Å². The first-order valence-electron chi connectivity index (χ1n) is 3.50. The Labute approximate surface area is 66.8 Å². The van der Waals surface area contributed by atoms with Crippen LogP contribution in [0.15, 0.2) is 0 Å². The Bertz CT molecular complexity index is 170. The molecule has 2 heteroatoms. The maximum absolute atomic E-state index is 8.80. The Kier molecular flexibility index (Phi) is 1.72. The van der Waals surface area contributed by atoms with E-state index in [1.807, 2.05) is 6.26 Å². The fourth-order valence-electron chi connectivity index (χ4n) is 1.76. The lowest BCUT2D eigenvalue weighted by Crippen LogP contribution is -2.45. The molecule has 1 rings (SSSR count). The molecule has 0 aromatic rings. The van der Waals surface area contributed by atoms with Crippen molar-refractivity contribution in [3.63, 3.8) is 0 Å². The van der Waals surface area contributed by atoms with Gasteiger partial charge in [-0.15, -0.1) is 11.8 Å². The molecule has 0 aromatic carbocycles. The molecule has 0 unspecified atom stereocenters. The SMILES string of the molecule is CSC1(C#N)CC(C)(C)C1. The van der Waals surface area contributed by atoms with Crippen LogP contribution in [0.3, 0.4) is 0 Å². The molecule has 0 aromatic heterocycles. The molecule has 0 atom stereocenters. The van der Waals surface area contributed by atoms with Gasteiger partial charge in [0.2, 0.25) is 0 Å². The Morgan fingerprint density at radius 2 is 1.90 bits per heavy atom. The molecule has 0 aliphatic heterocycles. The minimum atomic E-state index is -0.0382. The standard InChI is InChI=1S/C8H13NS/c1-7(2)4-8(5-7,6-9)10-3/h4-5H2,1-3H3. The predicted molar refractivity (Wildman–Crippen MR) is 44.9 cm³/mol. The van der Waals surface area contributed by atoms with E-state index in [2.05, 4.69) is 19.9 Å². The first-order valence-corrected chi connectivity index (χ1v) is 4.72. The minimum Gasteiger partial charge on any atom is -0.197 e.